The fourth-order valence-electron chi connectivity index (χ4n) is 0.732. The predicted octanol–water partition coefficient (Wildman–Crippen LogP) is 3.17. The van der Waals surface area contributed by atoms with E-state index in [-0.39, 0.29) is 9.50 Å². The van der Waals surface area contributed by atoms with Crippen molar-refractivity contribution in [3.8, 4) is 0 Å². The molecule has 0 spiro atoms. The zero-order valence-corrected chi connectivity index (χ0v) is 9.81. The number of benzene rings is 1. The van der Waals surface area contributed by atoms with Gasteiger partial charge in [-0.2, -0.15) is 0 Å². The second-order valence-electron chi connectivity index (χ2n) is 2.11. The molecule has 1 aromatic carbocycles. The summed E-state index contributed by atoms with van der Waals surface area (Å²) >= 11 is 8.39. The van der Waals surface area contributed by atoms with Crippen molar-refractivity contribution in [2.24, 2.45) is 0 Å². The summed E-state index contributed by atoms with van der Waals surface area (Å²) in [5.74, 6) is -0.939. The molecule has 0 radical (unpaired) electrons. The van der Waals surface area contributed by atoms with Gasteiger partial charge in [0.2, 0.25) is 0 Å². The van der Waals surface area contributed by atoms with Gasteiger partial charge < -0.3 is 0 Å². The predicted molar refractivity (Wildman–Crippen MR) is 52.1 cm³/mol. The van der Waals surface area contributed by atoms with Gasteiger partial charge in [0.15, 0.2) is 0 Å². The number of halogens is 4. The van der Waals surface area contributed by atoms with E-state index < -0.39 is 19.8 Å². The van der Waals surface area contributed by atoms with Crippen molar-refractivity contribution < 1.29 is 12.8 Å². The van der Waals surface area contributed by atoms with Crippen LogP contribution in [0.3, 0.4) is 0 Å². The van der Waals surface area contributed by atoms with Gasteiger partial charge in [0.1, 0.15) is 10.7 Å². The molecule has 72 valence electrons. The number of hydrogen-bond acceptors (Lipinski definition) is 2. The van der Waals surface area contributed by atoms with Crippen LogP contribution in [0.15, 0.2) is 21.5 Å². The van der Waals surface area contributed by atoms with Crippen LogP contribution in [0.5, 0.6) is 0 Å². The molecule has 0 unspecified atom stereocenters. The summed E-state index contributed by atoms with van der Waals surface area (Å²) in [6, 6.07) is 2.16. The van der Waals surface area contributed by atoms with Crippen LogP contribution in [0.25, 0.3) is 0 Å². The largest absolute Gasteiger partial charge is 0.265 e. The summed E-state index contributed by atoms with van der Waals surface area (Å²) < 4.78 is 34.6. The molecule has 0 amide bonds. The fourth-order valence-corrected chi connectivity index (χ4v) is 3.26. The summed E-state index contributed by atoms with van der Waals surface area (Å²) in [5, 5.41) is 0.0839. The highest BCUT2D eigenvalue weighted by Gasteiger charge is 2.21. The Morgan fingerprint density at radius 2 is 1.92 bits per heavy atom. The molecule has 0 N–H and O–H groups in total. The average Bonchev–Trinajstić information content (AvgIpc) is 1.95. The minimum Gasteiger partial charge on any atom is -0.207 e. The number of hydrogen-bond donors (Lipinski definition) is 0. The first-order valence-corrected chi connectivity index (χ1v) is 6.40. The van der Waals surface area contributed by atoms with Crippen molar-refractivity contribution in [2.75, 3.05) is 0 Å². The first-order valence-electron chi connectivity index (χ1n) is 2.92. The maximum absolute atomic E-state index is 13.0. The maximum Gasteiger partial charge on any atom is 0.265 e. The van der Waals surface area contributed by atoms with E-state index in [1.807, 2.05) is 0 Å². The third kappa shape index (κ3) is 2.34. The second kappa shape index (κ2) is 3.73. The van der Waals surface area contributed by atoms with Crippen molar-refractivity contribution in [1.82, 2.24) is 0 Å². The van der Waals surface area contributed by atoms with E-state index in [0.29, 0.717) is 0 Å². The van der Waals surface area contributed by atoms with Crippen molar-refractivity contribution in [3.05, 3.63) is 27.4 Å². The molecule has 0 saturated carbocycles. The fraction of sp³-hybridized carbons (Fsp3) is 0. The van der Waals surface area contributed by atoms with Crippen LogP contribution < -0.4 is 0 Å². The molecule has 0 aliphatic rings. The standard InChI is InChI=1S/C6H2BrCl2FO2S/c7-5-3(8)1-2-4(10)6(5)13(9,11)12/h1-2H. The third-order valence-electron chi connectivity index (χ3n) is 1.25. The lowest BCUT2D eigenvalue weighted by Gasteiger charge is -2.02. The molecule has 13 heavy (non-hydrogen) atoms. The Balaban J connectivity index is 3.62. The highest BCUT2D eigenvalue weighted by molar-refractivity contribution is 9.10. The zero-order chi connectivity index (χ0) is 10.2. The zero-order valence-electron chi connectivity index (χ0n) is 5.89. The molecule has 1 rings (SSSR count). The molecule has 0 aliphatic heterocycles. The third-order valence-corrected chi connectivity index (χ3v) is 4.22. The molecule has 0 heterocycles. The van der Waals surface area contributed by atoms with E-state index in [4.69, 9.17) is 22.3 Å². The maximum atomic E-state index is 13.0. The summed E-state index contributed by atoms with van der Waals surface area (Å²) in [7, 11) is 0.864. The van der Waals surface area contributed by atoms with Crippen LogP contribution in [-0.2, 0) is 9.05 Å². The van der Waals surface area contributed by atoms with Crippen molar-refractivity contribution in [2.45, 2.75) is 4.90 Å². The van der Waals surface area contributed by atoms with Crippen LogP contribution in [0.4, 0.5) is 4.39 Å². The van der Waals surface area contributed by atoms with Crippen LogP contribution in [0.1, 0.15) is 0 Å². The van der Waals surface area contributed by atoms with E-state index in [0.717, 1.165) is 6.07 Å². The Labute approximate surface area is 92.2 Å². The van der Waals surface area contributed by atoms with Crippen LogP contribution in [0.2, 0.25) is 5.02 Å². The topological polar surface area (TPSA) is 34.1 Å². The van der Waals surface area contributed by atoms with E-state index in [9.17, 15) is 12.8 Å². The molecule has 0 aromatic heterocycles. The summed E-state index contributed by atoms with van der Waals surface area (Å²) in [6.07, 6.45) is 0. The first kappa shape index (κ1) is 11.2. The minimum atomic E-state index is -4.12. The highest BCUT2D eigenvalue weighted by Crippen LogP contribution is 2.33. The van der Waals surface area contributed by atoms with Gasteiger partial charge in [-0.15, -0.1) is 0 Å². The minimum absolute atomic E-state index is 0.0656. The average molecular weight is 308 g/mol. The summed E-state index contributed by atoms with van der Waals surface area (Å²) in [6.45, 7) is 0. The molecule has 0 atom stereocenters. The van der Waals surface area contributed by atoms with Crippen LogP contribution in [0, 0.1) is 5.82 Å². The Morgan fingerprint density at radius 1 is 1.38 bits per heavy atom. The van der Waals surface area contributed by atoms with E-state index in [1.54, 1.807) is 0 Å². The Kier molecular flexibility index (Phi) is 3.22. The van der Waals surface area contributed by atoms with Gasteiger partial charge in [-0.05, 0) is 28.1 Å². The van der Waals surface area contributed by atoms with E-state index >= 15 is 0 Å². The quantitative estimate of drug-likeness (QED) is 0.590. The monoisotopic (exact) mass is 306 g/mol. The SMILES string of the molecule is O=S(=O)(Cl)c1c(F)ccc(Cl)c1Br. The molecule has 7 heteroatoms. The van der Waals surface area contributed by atoms with E-state index in [2.05, 4.69) is 15.9 Å². The van der Waals surface area contributed by atoms with Gasteiger partial charge in [-0.3, -0.25) is 0 Å². The van der Waals surface area contributed by atoms with Crippen molar-refractivity contribution in [1.29, 1.82) is 0 Å². The molecule has 0 saturated heterocycles. The highest BCUT2D eigenvalue weighted by atomic mass is 79.9. The Morgan fingerprint density at radius 3 is 2.31 bits per heavy atom. The smallest absolute Gasteiger partial charge is 0.207 e. The lowest BCUT2D eigenvalue weighted by Crippen LogP contribution is -1.97. The lowest BCUT2D eigenvalue weighted by atomic mass is 10.3. The van der Waals surface area contributed by atoms with Gasteiger partial charge in [-0.25, -0.2) is 12.8 Å². The van der Waals surface area contributed by atoms with Gasteiger partial charge in [0.25, 0.3) is 9.05 Å². The normalized spacial score (nSPS) is 11.7. The molecule has 2 nitrogen and oxygen atoms in total. The molecule has 0 bridgehead atoms. The molecule has 1 aromatic rings. The summed E-state index contributed by atoms with van der Waals surface area (Å²) in [5.41, 5.74) is 0. The lowest BCUT2D eigenvalue weighted by molar-refractivity contribution is 0.574. The number of rotatable bonds is 1. The summed E-state index contributed by atoms with van der Waals surface area (Å²) in [4.78, 5) is -0.637. The van der Waals surface area contributed by atoms with Gasteiger partial charge >= 0.3 is 0 Å². The molecule has 0 aliphatic carbocycles. The molecular weight excluding hydrogens is 306 g/mol. The van der Waals surface area contributed by atoms with Crippen LogP contribution in [-0.4, -0.2) is 8.42 Å². The van der Waals surface area contributed by atoms with Crippen molar-refractivity contribution in [3.63, 3.8) is 0 Å². The van der Waals surface area contributed by atoms with Crippen LogP contribution >= 0.6 is 38.2 Å². The molecule has 0 fully saturated rings. The first-order chi connectivity index (χ1) is 5.84. The Bertz CT molecular complexity index is 446. The van der Waals surface area contributed by atoms with Gasteiger partial charge in [0.05, 0.1) is 9.50 Å². The Hall–Kier alpha value is 0.160. The van der Waals surface area contributed by atoms with Crippen molar-refractivity contribution >= 4 is 47.3 Å². The van der Waals surface area contributed by atoms with Gasteiger partial charge in [-0.1, -0.05) is 11.6 Å². The second-order valence-corrected chi connectivity index (χ2v) is 5.81. The molecular formula is C6H2BrCl2FO2S. The van der Waals surface area contributed by atoms with Gasteiger partial charge in [0, 0.05) is 10.7 Å². The van der Waals surface area contributed by atoms with E-state index in [1.165, 1.54) is 6.07 Å².